The van der Waals surface area contributed by atoms with Gasteiger partial charge in [-0.05, 0) is 12.1 Å². The van der Waals surface area contributed by atoms with Crippen molar-refractivity contribution in [1.29, 1.82) is 5.26 Å². The number of nitrogens with one attached hydrogen (secondary N) is 1. The number of anilines is 1. The van der Waals surface area contributed by atoms with Gasteiger partial charge < -0.3 is 15.2 Å². The number of amides is 1. The van der Waals surface area contributed by atoms with Crippen LogP contribution in [0.5, 0.6) is 11.5 Å². The molecule has 0 heterocycles. The summed E-state index contributed by atoms with van der Waals surface area (Å²) in [4.78, 5) is 11.1. The monoisotopic (exact) mass is 260 g/mol. The number of phenols is 1. The Morgan fingerprint density at radius 2 is 2.17 bits per heavy atom. The predicted octanol–water partition coefficient (Wildman–Crippen LogP) is 2.14. The van der Waals surface area contributed by atoms with E-state index in [9.17, 15) is 23.1 Å². The van der Waals surface area contributed by atoms with Crippen molar-refractivity contribution in [2.75, 3.05) is 5.32 Å². The van der Waals surface area contributed by atoms with E-state index in [4.69, 9.17) is 5.26 Å². The van der Waals surface area contributed by atoms with Crippen molar-refractivity contribution in [1.82, 2.24) is 0 Å². The first kappa shape index (κ1) is 13.6. The van der Waals surface area contributed by atoms with Crippen LogP contribution in [0.4, 0.5) is 18.9 Å². The second kappa shape index (κ2) is 5.27. The number of hydrogen-bond acceptors (Lipinski definition) is 4. The minimum absolute atomic E-state index is 0.267. The van der Waals surface area contributed by atoms with Gasteiger partial charge in [0.1, 0.15) is 17.9 Å². The van der Waals surface area contributed by atoms with E-state index in [0.717, 1.165) is 18.2 Å². The van der Waals surface area contributed by atoms with Crippen molar-refractivity contribution in [2.45, 2.75) is 12.8 Å². The number of benzene rings is 1. The molecular weight excluding hydrogens is 253 g/mol. The van der Waals surface area contributed by atoms with E-state index in [1.54, 1.807) is 6.07 Å². The number of hydrogen-bond donors (Lipinski definition) is 2. The largest absolute Gasteiger partial charge is 0.573 e. The number of alkyl halides is 3. The summed E-state index contributed by atoms with van der Waals surface area (Å²) in [6, 6.07) is 4.18. The van der Waals surface area contributed by atoms with E-state index in [1.807, 2.05) is 0 Å². The second-order valence-corrected chi connectivity index (χ2v) is 3.11. The Labute approximate surface area is 99.4 Å². The maximum Gasteiger partial charge on any atom is 0.573 e. The summed E-state index contributed by atoms with van der Waals surface area (Å²) < 4.78 is 39.4. The van der Waals surface area contributed by atoms with Crippen molar-refractivity contribution in [2.24, 2.45) is 0 Å². The van der Waals surface area contributed by atoms with E-state index < -0.39 is 30.2 Å². The van der Waals surface area contributed by atoms with Gasteiger partial charge in [-0.1, -0.05) is 0 Å². The molecule has 0 spiro atoms. The molecule has 96 valence electrons. The van der Waals surface area contributed by atoms with Crippen molar-refractivity contribution >= 4 is 11.6 Å². The minimum atomic E-state index is -4.87. The summed E-state index contributed by atoms with van der Waals surface area (Å²) in [5.41, 5.74) is -0.267. The van der Waals surface area contributed by atoms with Crippen LogP contribution >= 0.6 is 0 Å². The zero-order valence-corrected chi connectivity index (χ0v) is 8.78. The highest BCUT2D eigenvalue weighted by Crippen LogP contribution is 2.31. The van der Waals surface area contributed by atoms with Gasteiger partial charge in [0, 0.05) is 6.07 Å². The number of aromatic hydroxyl groups is 1. The first-order chi connectivity index (χ1) is 8.31. The molecule has 0 aliphatic carbocycles. The Kier molecular flexibility index (Phi) is 3.99. The van der Waals surface area contributed by atoms with E-state index in [1.165, 1.54) is 0 Å². The van der Waals surface area contributed by atoms with Gasteiger partial charge in [0.05, 0.1) is 11.8 Å². The molecule has 1 aromatic rings. The molecule has 2 N–H and O–H groups in total. The van der Waals surface area contributed by atoms with Crippen LogP contribution in [-0.4, -0.2) is 17.4 Å². The number of carbonyl (C=O) groups excluding carboxylic acids is 1. The maximum atomic E-state index is 11.9. The molecule has 0 saturated carbocycles. The van der Waals surface area contributed by atoms with Crippen LogP contribution in [0.15, 0.2) is 18.2 Å². The standard InChI is InChI=1S/C10H7F3N2O3/c11-10(12,13)18-6-1-2-8(16)7(5-6)15-9(17)3-4-14/h1-2,5,16H,3H2,(H,15,17). The maximum absolute atomic E-state index is 11.9. The lowest BCUT2D eigenvalue weighted by Crippen LogP contribution is -2.17. The van der Waals surface area contributed by atoms with Crippen LogP contribution in [-0.2, 0) is 4.79 Å². The molecule has 0 saturated heterocycles. The highest BCUT2D eigenvalue weighted by molar-refractivity contribution is 5.93. The average molecular weight is 260 g/mol. The van der Waals surface area contributed by atoms with Crippen molar-refractivity contribution in [3.8, 4) is 17.6 Å². The molecule has 1 amide bonds. The second-order valence-electron chi connectivity index (χ2n) is 3.11. The Hall–Kier alpha value is -2.43. The fourth-order valence-electron chi connectivity index (χ4n) is 1.08. The molecule has 0 unspecified atom stereocenters. The fourth-order valence-corrected chi connectivity index (χ4v) is 1.08. The van der Waals surface area contributed by atoms with Gasteiger partial charge in [-0.15, -0.1) is 13.2 Å². The van der Waals surface area contributed by atoms with Gasteiger partial charge in [-0.2, -0.15) is 5.26 Å². The molecule has 0 atom stereocenters. The zero-order valence-electron chi connectivity index (χ0n) is 8.78. The Morgan fingerprint density at radius 3 is 2.72 bits per heavy atom. The predicted molar refractivity (Wildman–Crippen MR) is 53.6 cm³/mol. The number of carbonyl (C=O) groups is 1. The molecule has 5 nitrogen and oxygen atoms in total. The summed E-state index contributed by atoms with van der Waals surface area (Å²) in [6.45, 7) is 0. The van der Waals surface area contributed by atoms with Crippen molar-refractivity contribution < 1.29 is 27.8 Å². The molecular formula is C10H7F3N2O3. The van der Waals surface area contributed by atoms with Crippen LogP contribution in [0.25, 0.3) is 0 Å². The summed E-state index contributed by atoms with van der Waals surface area (Å²) >= 11 is 0. The lowest BCUT2D eigenvalue weighted by molar-refractivity contribution is -0.274. The summed E-state index contributed by atoms with van der Waals surface area (Å²) in [7, 11) is 0. The zero-order chi connectivity index (χ0) is 13.8. The van der Waals surface area contributed by atoms with Crippen LogP contribution in [0.1, 0.15) is 6.42 Å². The lowest BCUT2D eigenvalue weighted by Gasteiger charge is -2.11. The first-order valence-electron chi connectivity index (χ1n) is 4.57. The molecule has 0 aliphatic heterocycles. The van der Waals surface area contributed by atoms with E-state index in [0.29, 0.717) is 0 Å². The molecule has 0 fully saturated rings. The van der Waals surface area contributed by atoms with Gasteiger partial charge in [0.15, 0.2) is 0 Å². The average Bonchev–Trinajstić information content (AvgIpc) is 2.21. The Bertz CT molecular complexity index is 494. The third-order valence-electron chi connectivity index (χ3n) is 1.72. The number of nitrogens with zero attached hydrogens (tertiary/aromatic N) is 1. The van der Waals surface area contributed by atoms with E-state index in [-0.39, 0.29) is 5.69 Å². The van der Waals surface area contributed by atoms with Crippen LogP contribution in [0.2, 0.25) is 0 Å². The smallest absolute Gasteiger partial charge is 0.506 e. The lowest BCUT2D eigenvalue weighted by atomic mass is 10.2. The van der Waals surface area contributed by atoms with Gasteiger partial charge in [-0.3, -0.25) is 4.79 Å². The molecule has 1 aromatic carbocycles. The quantitative estimate of drug-likeness (QED) is 0.815. The Morgan fingerprint density at radius 1 is 1.50 bits per heavy atom. The fraction of sp³-hybridized carbons (Fsp3) is 0.200. The third-order valence-corrected chi connectivity index (χ3v) is 1.72. The van der Waals surface area contributed by atoms with Crippen molar-refractivity contribution in [3.63, 3.8) is 0 Å². The van der Waals surface area contributed by atoms with E-state index in [2.05, 4.69) is 10.1 Å². The molecule has 0 aromatic heterocycles. The topological polar surface area (TPSA) is 82.4 Å². The highest BCUT2D eigenvalue weighted by Gasteiger charge is 2.31. The van der Waals surface area contributed by atoms with Gasteiger partial charge in [-0.25, -0.2) is 0 Å². The van der Waals surface area contributed by atoms with Gasteiger partial charge in [0.2, 0.25) is 5.91 Å². The van der Waals surface area contributed by atoms with Crippen LogP contribution in [0.3, 0.4) is 0 Å². The number of rotatable bonds is 3. The molecule has 0 bridgehead atoms. The van der Waals surface area contributed by atoms with Crippen LogP contribution in [0, 0.1) is 11.3 Å². The van der Waals surface area contributed by atoms with Crippen molar-refractivity contribution in [3.05, 3.63) is 18.2 Å². The first-order valence-corrected chi connectivity index (χ1v) is 4.57. The molecule has 1 rings (SSSR count). The molecule has 8 heteroatoms. The normalized spacial score (nSPS) is 10.6. The number of nitriles is 1. The summed E-state index contributed by atoms with van der Waals surface area (Å²) in [5.74, 6) is -1.78. The van der Waals surface area contributed by atoms with E-state index >= 15 is 0 Å². The summed E-state index contributed by atoms with van der Waals surface area (Å²) in [6.07, 6.45) is -5.35. The molecule has 18 heavy (non-hydrogen) atoms. The molecule has 0 radical (unpaired) electrons. The number of halogens is 3. The molecule has 0 aliphatic rings. The Balaban J connectivity index is 2.88. The van der Waals surface area contributed by atoms with Gasteiger partial charge >= 0.3 is 6.36 Å². The van der Waals surface area contributed by atoms with Gasteiger partial charge in [0.25, 0.3) is 0 Å². The van der Waals surface area contributed by atoms with Crippen LogP contribution < -0.4 is 10.1 Å². The highest BCUT2D eigenvalue weighted by atomic mass is 19.4. The summed E-state index contributed by atoms with van der Waals surface area (Å²) in [5, 5.41) is 19.6. The third kappa shape index (κ3) is 4.21. The minimum Gasteiger partial charge on any atom is -0.506 e. The number of ether oxygens (including phenoxy) is 1. The SMILES string of the molecule is N#CCC(=O)Nc1cc(OC(F)(F)F)ccc1O. The number of phenolic OH excluding ortho intramolecular Hbond substituents is 1.